The number of benzene rings is 1. The van der Waals surface area contributed by atoms with Gasteiger partial charge in [0.15, 0.2) is 0 Å². The van der Waals surface area contributed by atoms with Gasteiger partial charge in [0.05, 0.1) is 0 Å². The van der Waals surface area contributed by atoms with E-state index < -0.39 is 0 Å². The Bertz CT molecular complexity index is 444. The standard InChI is InChI=1S/C11H12FN3S/c1-8(14-11-15-13-7-16-11)5-9-3-2-4-10(12)6-9/h2-4,6-8H,5H2,1H3,(H,14,15). The Morgan fingerprint density at radius 2 is 2.38 bits per heavy atom. The third-order valence-electron chi connectivity index (χ3n) is 2.16. The fraction of sp³-hybridized carbons (Fsp3) is 0.273. The predicted octanol–water partition coefficient (Wildman–Crippen LogP) is 2.72. The maximum atomic E-state index is 13.0. The molecule has 84 valence electrons. The first-order chi connectivity index (χ1) is 7.74. The van der Waals surface area contributed by atoms with Crippen molar-refractivity contribution in [1.82, 2.24) is 10.2 Å². The highest BCUT2D eigenvalue weighted by Crippen LogP contribution is 2.13. The highest BCUT2D eigenvalue weighted by atomic mass is 32.1. The van der Waals surface area contributed by atoms with E-state index >= 15 is 0 Å². The Morgan fingerprint density at radius 1 is 1.50 bits per heavy atom. The second kappa shape index (κ2) is 5.03. The Hall–Kier alpha value is -1.49. The predicted molar refractivity (Wildman–Crippen MR) is 63.1 cm³/mol. The van der Waals surface area contributed by atoms with E-state index in [1.54, 1.807) is 17.6 Å². The van der Waals surface area contributed by atoms with Crippen molar-refractivity contribution in [2.45, 2.75) is 19.4 Å². The molecule has 1 aromatic heterocycles. The van der Waals surface area contributed by atoms with Crippen molar-refractivity contribution < 1.29 is 4.39 Å². The van der Waals surface area contributed by atoms with E-state index in [2.05, 4.69) is 15.5 Å². The summed E-state index contributed by atoms with van der Waals surface area (Å²) in [6, 6.07) is 6.85. The summed E-state index contributed by atoms with van der Waals surface area (Å²) >= 11 is 1.46. The van der Waals surface area contributed by atoms with Gasteiger partial charge in [0.2, 0.25) is 5.13 Å². The molecule has 1 heterocycles. The molecule has 16 heavy (non-hydrogen) atoms. The van der Waals surface area contributed by atoms with E-state index in [9.17, 15) is 4.39 Å². The molecule has 0 saturated heterocycles. The van der Waals surface area contributed by atoms with Gasteiger partial charge in [0.25, 0.3) is 0 Å². The lowest BCUT2D eigenvalue weighted by Gasteiger charge is -2.12. The number of rotatable bonds is 4. The van der Waals surface area contributed by atoms with E-state index in [1.807, 2.05) is 13.0 Å². The van der Waals surface area contributed by atoms with Crippen molar-refractivity contribution in [2.24, 2.45) is 0 Å². The second-order valence-corrected chi connectivity index (χ2v) is 4.46. The third-order valence-corrected chi connectivity index (χ3v) is 2.78. The summed E-state index contributed by atoms with van der Waals surface area (Å²) in [5, 5.41) is 11.6. The summed E-state index contributed by atoms with van der Waals surface area (Å²) in [7, 11) is 0. The number of aromatic nitrogens is 2. The van der Waals surface area contributed by atoms with Crippen LogP contribution in [-0.4, -0.2) is 16.2 Å². The lowest BCUT2D eigenvalue weighted by molar-refractivity contribution is 0.624. The van der Waals surface area contributed by atoms with Crippen LogP contribution in [-0.2, 0) is 6.42 Å². The van der Waals surface area contributed by atoms with Crippen LogP contribution in [0, 0.1) is 5.82 Å². The molecule has 1 atom stereocenters. The van der Waals surface area contributed by atoms with Crippen molar-refractivity contribution in [1.29, 1.82) is 0 Å². The fourth-order valence-corrected chi connectivity index (χ4v) is 2.07. The van der Waals surface area contributed by atoms with Crippen LogP contribution in [0.1, 0.15) is 12.5 Å². The summed E-state index contributed by atoms with van der Waals surface area (Å²) in [4.78, 5) is 0. The Labute approximate surface area is 97.3 Å². The summed E-state index contributed by atoms with van der Waals surface area (Å²) < 4.78 is 13.0. The molecule has 1 N–H and O–H groups in total. The first kappa shape index (κ1) is 11.0. The summed E-state index contributed by atoms with van der Waals surface area (Å²) in [5.74, 6) is -0.194. The minimum absolute atomic E-state index is 0.194. The number of anilines is 1. The van der Waals surface area contributed by atoms with Gasteiger partial charge in [-0.25, -0.2) is 4.39 Å². The molecule has 0 amide bonds. The molecule has 0 spiro atoms. The molecule has 0 saturated carbocycles. The van der Waals surface area contributed by atoms with Crippen LogP contribution in [0.25, 0.3) is 0 Å². The van der Waals surface area contributed by atoms with Crippen LogP contribution < -0.4 is 5.32 Å². The van der Waals surface area contributed by atoms with E-state index in [4.69, 9.17) is 0 Å². The van der Waals surface area contributed by atoms with Crippen LogP contribution in [0.3, 0.4) is 0 Å². The van der Waals surface area contributed by atoms with Crippen molar-refractivity contribution in [3.63, 3.8) is 0 Å². The fourth-order valence-electron chi connectivity index (χ4n) is 1.52. The van der Waals surface area contributed by atoms with Crippen LogP contribution in [0.2, 0.25) is 0 Å². The van der Waals surface area contributed by atoms with Gasteiger partial charge in [0, 0.05) is 6.04 Å². The Morgan fingerprint density at radius 3 is 3.06 bits per heavy atom. The molecule has 0 aliphatic carbocycles. The zero-order chi connectivity index (χ0) is 11.4. The number of hydrogen-bond acceptors (Lipinski definition) is 4. The SMILES string of the molecule is CC(Cc1cccc(F)c1)Nc1nncs1. The van der Waals surface area contributed by atoms with Gasteiger partial charge < -0.3 is 5.32 Å². The van der Waals surface area contributed by atoms with E-state index in [1.165, 1.54) is 17.4 Å². The molecule has 2 rings (SSSR count). The van der Waals surface area contributed by atoms with Crippen molar-refractivity contribution in [2.75, 3.05) is 5.32 Å². The number of hydrogen-bond donors (Lipinski definition) is 1. The summed E-state index contributed by atoms with van der Waals surface area (Å²) in [5.41, 5.74) is 2.65. The molecular weight excluding hydrogens is 225 g/mol. The zero-order valence-corrected chi connectivity index (χ0v) is 9.67. The van der Waals surface area contributed by atoms with Gasteiger partial charge in [-0.2, -0.15) is 0 Å². The average Bonchev–Trinajstić information content (AvgIpc) is 2.70. The molecule has 5 heteroatoms. The maximum absolute atomic E-state index is 13.0. The summed E-state index contributed by atoms with van der Waals surface area (Å²) in [6.45, 7) is 2.03. The molecule has 0 aliphatic heterocycles. The van der Waals surface area contributed by atoms with Crippen molar-refractivity contribution in [3.8, 4) is 0 Å². The minimum Gasteiger partial charge on any atom is -0.357 e. The largest absolute Gasteiger partial charge is 0.357 e. The Balaban J connectivity index is 1.94. The van der Waals surface area contributed by atoms with Gasteiger partial charge in [-0.3, -0.25) is 0 Å². The highest BCUT2D eigenvalue weighted by Gasteiger charge is 2.05. The molecule has 0 radical (unpaired) electrons. The van der Waals surface area contributed by atoms with Gasteiger partial charge in [0.1, 0.15) is 11.3 Å². The quantitative estimate of drug-likeness (QED) is 0.888. The molecule has 0 aliphatic rings. The minimum atomic E-state index is -0.194. The van der Waals surface area contributed by atoms with Crippen LogP contribution in [0.5, 0.6) is 0 Å². The van der Waals surface area contributed by atoms with E-state index in [-0.39, 0.29) is 11.9 Å². The molecule has 2 aromatic rings. The molecular formula is C11H12FN3S. The molecule has 3 nitrogen and oxygen atoms in total. The van der Waals surface area contributed by atoms with Crippen LogP contribution >= 0.6 is 11.3 Å². The van der Waals surface area contributed by atoms with E-state index in [0.29, 0.717) is 0 Å². The number of nitrogens with one attached hydrogen (secondary N) is 1. The van der Waals surface area contributed by atoms with Crippen molar-refractivity contribution in [3.05, 3.63) is 41.2 Å². The first-order valence-corrected chi connectivity index (χ1v) is 5.89. The smallest absolute Gasteiger partial charge is 0.205 e. The van der Waals surface area contributed by atoms with Crippen molar-refractivity contribution >= 4 is 16.5 Å². The first-order valence-electron chi connectivity index (χ1n) is 5.01. The lowest BCUT2D eigenvalue weighted by atomic mass is 10.1. The average molecular weight is 237 g/mol. The second-order valence-electron chi connectivity index (χ2n) is 3.62. The number of nitrogens with zero attached hydrogens (tertiary/aromatic N) is 2. The number of halogens is 1. The van der Waals surface area contributed by atoms with Crippen LogP contribution in [0.15, 0.2) is 29.8 Å². The molecule has 1 unspecified atom stereocenters. The third kappa shape index (κ3) is 3.00. The van der Waals surface area contributed by atoms with Gasteiger partial charge >= 0.3 is 0 Å². The summed E-state index contributed by atoms with van der Waals surface area (Å²) in [6.07, 6.45) is 0.761. The van der Waals surface area contributed by atoms with Crippen LogP contribution in [0.4, 0.5) is 9.52 Å². The molecule has 0 fully saturated rings. The topological polar surface area (TPSA) is 37.8 Å². The monoisotopic (exact) mass is 237 g/mol. The van der Waals surface area contributed by atoms with Gasteiger partial charge in [-0.15, -0.1) is 10.2 Å². The van der Waals surface area contributed by atoms with E-state index in [0.717, 1.165) is 17.1 Å². The van der Waals surface area contributed by atoms with Gasteiger partial charge in [-0.1, -0.05) is 23.5 Å². The molecule has 1 aromatic carbocycles. The molecule has 0 bridgehead atoms. The lowest BCUT2D eigenvalue weighted by Crippen LogP contribution is -2.17. The maximum Gasteiger partial charge on any atom is 0.205 e. The Kier molecular flexibility index (Phi) is 3.46. The highest BCUT2D eigenvalue weighted by molar-refractivity contribution is 7.13. The zero-order valence-electron chi connectivity index (χ0n) is 8.85. The normalized spacial score (nSPS) is 12.4. The van der Waals surface area contributed by atoms with Gasteiger partial charge in [-0.05, 0) is 31.0 Å².